The summed E-state index contributed by atoms with van der Waals surface area (Å²) in [7, 11) is 0. The maximum absolute atomic E-state index is 9.19. The smallest absolute Gasteiger partial charge is 0.0610 e. The monoisotopic (exact) mass is 171 g/mol. The van der Waals surface area contributed by atoms with Crippen molar-refractivity contribution in [3.8, 4) is 0 Å². The van der Waals surface area contributed by atoms with E-state index < -0.39 is 0 Å². The lowest BCUT2D eigenvalue weighted by Crippen LogP contribution is -2.46. The zero-order valence-electron chi connectivity index (χ0n) is 8.27. The molecule has 1 atom stereocenters. The second kappa shape index (κ2) is 4.24. The zero-order valence-corrected chi connectivity index (χ0v) is 8.27. The van der Waals surface area contributed by atoms with Gasteiger partial charge in [0, 0.05) is 5.54 Å². The molecule has 0 aliphatic heterocycles. The molecule has 72 valence electrons. The summed E-state index contributed by atoms with van der Waals surface area (Å²) in [5.41, 5.74) is -0.0304. The van der Waals surface area contributed by atoms with Gasteiger partial charge in [-0.1, -0.05) is 13.3 Å². The molecule has 0 bridgehead atoms. The predicted octanol–water partition coefficient (Wildman–Crippen LogP) is 1.54. The highest BCUT2D eigenvalue weighted by Gasteiger charge is 2.26. The molecule has 1 unspecified atom stereocenters. The van der Waals surface area contributed by atoms with Crippen molar-refractivity contribution >= 4 is 0 Å². The fourth-order valence-corrected chi connectivity index (χ4v) is 1.49. The Kier molecular flexibility index (Phi) is 3.53. The Balaban J connectivity index is 2.20. The van der Waals surface area contributed by atoms with Gasteiger partial charge >= 0.3 is 0 Å². The Bertz CT molecular complexity index is 134. The highest BCUT2D eigenvalue weighted by Crippen LogP contribution is 2.28. The van der Waals surface area contributed by atoms with Crippen molar-refractivity contribution in [3.05, 3.63) is 0 Å². The summed E-state index contributed by atoms with van der Waals surface area (Å²) in [5, 5.41) is 12.6. The van der Waals surface area contributed by atoms with Gasteiger partial charge in [0.15, 0.2) is 0 Å². The molecule has 1 aliphatic rings. The van der Waals surface area contributed by atoms with E-state index in [1.54, 1.807) is 0 Å². The third-order valence-corrected chi connectivity index (χ3v) is 2.67. The third-order valence-electron chi connectivity index (χ3n) is 2.67. The van der Waals surface area contributed by atoms with Gasteiger partial charge in [0.1, 0.15) is 0 Å². The van der Waals surface area contributed by atoms with Crippen LogP contribution >= 0.6 is 0 Å². The molecule has 1 rings (SSSR count). The third kappa shape index (κ3) is 3.11. The number of hydrogen-bond donors (Lipinski definition) is 2. The highest BCUT2D eigenvalue weighted by atomic mass is 16.3. The van der Waals surface area contributed by atoms with Crippen LogP contribution in [0.2, 0.25) is 0 Å². The second-order valence-electron chi connectivity index (χ2n) is 4.29. The normalized spacial score (nSPS) is 22.2. The summed E-state index contributed by atoms with van der Waals surface area (Å²) in [5.74, 6) is 0.896. The van der Waals surface area contributed by atoms with Gasteiger partial charge < -0.3 is 10.4 Å². The molecule has 2 nitrogen and oxygen atoms in total. The lowest BCUT2D eigenvalue weighted by molar-refractivity contribution is 0.163. The van der Waals surface area contributed by atoms with Crippen LogP contribution in [0, 0.1) is 5.92 Å². The molecular weight excluding hydrogens is 150 g/mol. The number of hydrogen-bond acceptors (Lipinski definition) is 2. The van der Waals surface area contributed by atoms with Crippen LogP contribution in [-0.4, -0.2) is 23.8 Å². The van der Waals surface area contributed by atoms with Crippen molar-refractivity contribution in [2.24, 2.45) is 5.92 Å². The average Bonchev–Trinajstić information content (AvgIpc) is 2.85. The molecule has 2 N–H and O–H groups in total. The minimum atomic E-state index is -0.0304. The zero-order chi connectivity index (χ0) is 9.03. The Morgan fingerprint density at radius 3 is 2.58 bits per heavy atom. The van der Waals surface area contributed by atoms with Crippen LogP contribution in [0.1, 0.15) is 39.5 Å². The van der Waals surface area contributed by atoms with Gasteiger partial charge in [-0.15, -0.1) is 0 Å². The lowest BCUT2D eigenvalue weighted by atomic mass is 9.97. The minimum absolute atomic E-state index is 0.0304. The molecule has 1 saturated carbocycles. The number of aliphatic hydroxyl groups is 1. The van der Waals surface area contributed by atoms with E-state index >= 15 is 0 Å². The van der Waals surface area contributed by atoms with Crippen molar-refractivity contribution in [2.75, 3.05) is 13.2 Å². The molecular formula is C10H21NO. The van der Waals surface area contributed by atoms with Crippen molar-refractivity contribution in [1.82, 2.24) is 5.32 Å². The summed E-state index contributed by atoms with van der Waals surface area (Å²) in [6.07, 6.45) is 4.95. The molecule has 1 aliphatic carbocycles. The van der Waals surface area contributed by atoms with E-state index in [0.717, 1.165) is 25.3 Å². The van der Waals surface area contributed by atoms with Crippen LogP contribution in [0.4, 0.5) is 0 Å². The number of aliphatic hydroxyl groups excluding tert-OH is 1. The van der Waals surface area contributed by atoms with Gasteiger partial charge in [-0.3, -0.25) is 0 Å². The molecule has 0 saturated heterocycles. The summed E-state index contributed by atoms with van der Waals surface area (Å²) in [4.78, 5) is 0. The van der Waals surface area contributed by atoms with Crippen molar-refractivity contribution in [3.63, 3.8) is 0 Å². The quantitative estimate of drug-likeness (QED) is 0.635. The van der Waals surface area contributed by atoms with E-state index in [4.69, 9.17) is 0 Å². The Morgan fingerprint density at radius 1 is 1.50 bits per heavy atom. The second-order valence-corrected chi connectivity index (χ2v) is 4.29. The Labute approximate surface area is 75.4 Å². The fourth-order valence-electron chi connectivity index (χ4n) is 1.49. The maximum atomic E-state index is 9.19. The largest absolute Gasteiger partial charge is 0.394 e. The van der Waals surface area contributed by atoms with Gasteiger partial charge in [-0.2, -0.15) is 0 Å². The molecule has 0 spiro atoms. The molecule has 2 heteroatoms. The SMILES string of the molecule is CCCC(C)(CO)NCC1CC1. The first-order valence-corrected chi connectivity index (χ1v) is 5.06. The Hall–Kier alpha value is -0.0800. The van der Waals surface area contributed by atoms with E-state index in [1.807, 2.05) is 0 Å². The summed E-state index contributed by atoms with van der Waals surface area (Å²) in [6.45, 7) is 5.62. The van der Waals surface area contributed by atoms with Crippen molar-refractivity contribution < 1.29 is 5.11 Å². The van der Waals surface area contributed by atoms with E-state index in [1.165, 1.54) is 12.8 Å². The van der Waals surface area contributed by atoms with Gasteiger partial charge in [0.2, 0.25) is 0 Å². The highest BCUT2D eigenvalue weighted by molar-refractivity contribution is 4.85. The molecule has 0 aromatic heterocycles. The maximum Gasteiger partial charge on any atom is 0.0610 e. The van der Waals surface area contributed by atoms with Crippen LogP contribution in [-0.2, 0) is 0 Å². The van der Waals surface area contributed by atoms with E-state index in [0.29, 0.717) is 0 Å². The molecule has 0 aromatic rings. The van der Waals surface area contributed by atoms with Gasteiger partial charge in [0.05, 0.1) is 6.61 Å². The van der Waals surface area contributed by atoms with Crippen LogP contribution in [0.25, 0.3) is 0 Å². The lowest BCUT2D eigenvalue weighted by Gasteiger charge is -2.28. The molecule has 0 aromatic carbocycles. The molecule has 1 fully saturated rings. The number of nitrogens with one attached hydrogen (secondary N) is 1. The standard InChI is InChI=1S/C10H21NO/c1-3-6-10(2,8-12)11-7-9-4-5-9/h9,11-12H,3-8H2,1-2H3. The summed E-state index contributed by atoms with van der Waals surface area (Å²) < 4.78 is 0. The van der Waals surface area contributed by atoms with E-state index in [9.17, 15) is 5.11 Å². The molecule has 0 radical (unpaired) electrons. The molecule has 0 heterocycles. The minimum Gasteiger partial charge on any atom is -0.394 e. The van der Waals surface area contributed by atoms with Crippen molar-refractivity contribution in [1.29, 1.82) is 0 Å². The number of rotatable bonds is 6. The Morgan fingerprint density at radius 2 is 2.17 bits per heavy atom. The summed E-state index contributed by atoms with van der Waals surface area (Å²) in [6, 6.07) is 0. The van der Waals surface area contributed by atoms with Crippen molar-refractivity contribution in [2.45, 2.75) is 45.1 Å². The van der Waals surface area contributed by atoms with Gasteiger partial charge in [-0.05, 0) is 38.6 Å². The van der Waals surface area contributed by atoms with Crippen LogP contribution in [0.3, 0.4) is 0 Å². The van der Waals surface area contributed by atoms with Crippen LogP contribution < -0.4 is 5.32 Å². The van der Waals surface area contributed by atoms with Gasteiger partial charge in [-0.25, -0.2) is 0 Å². The van der Waals surface area contributed by atoms with Gasteiger partial charge in [0.25, 0.3) is 0 Å². The summed E-state index contributed by atoms with van der Waals surface area (Å²) >= 11 is 0. The predicted molar refractivity (Wildman–Crippen MR) is 51.1 cm³/mol. The van der Waals surface area contributed by atoms with E-state index in [2.05, 4.69) is 19.2 Å². The van der Waals surface area contributed by atoms with E-state index in [-0.39, 0.29) is 12.1 Å². The molecule has 0 amide bonds. The van der Waals surface area contributed by atoms with Crippen LogP contribution in [0.5, 0.6) is 0 Å². The first-order valence-electron chi connectivity index (χ1n) is 5.06. The fraction of sp³-hybridized carbons (Fsp3) is 1.00. The van der Waals surface area contributed by atoms with Crippen LogP contribution in [0.15, 0.2) is 0 Å². The topological polar surface area (TPSA) is 32.3 Å². The molecule has 12 heavy (non-hydrogen) atoms. The average molecular weight is 171 g/mol. The first-order chi connectivity index (χ1) is 5.70. The first kappa shape index (κ1) is 10.0.